The number of H-pyrrole nitrogens is 2. The molecule has 0 aliphatic carbocycles. The third-order valence-corrected chi connectivity index (χ3v) is 8.00. The molecule has 12 nitrogen and oxygen atoms in total. The van der Waals surface area contributed by atoms with E-state index in [-0.39, 0.29) is 12.8 Å². The summed E-state index contributed by atoms with van der Waals surface area (Å²) in [7, 11) is 0. The maximum Gasteiger partial charge on any atom is 0.326 e. The van der Waals surface area contributed by atoms with E-state index in [1.807, 2.05) is 48.5 Å². The van der Waals surface area contributed by atoms with Crippen LogP contribution in [-0.4, -0.2) is 69.5 Å². The fourth-order valence-corrected chi connectivity index (χ4v) is 5.42. The van der Waals surface area contributed by atoms with E-state index < -0.39 is 53.8 Å². The predicted octanol–water partition coefficient (Wildman–Crippen LogP) is 2.09. The fraction of sp³-hybridized carbons (Fsp3) is 0.394. The van der Waals surface area contributed by atoms with Gasteiger partial charge in [0.25, 0.3) is 0 Å². The second kappa shape index (κ2) is 15.4. The number of para-hydroxylation sites is 2. The number of aliphatic carboxylic acids is 1. The van der Waals surface area contributed by atoms with Crippen molar-refractivity contribution in [2.24, 2.45) is 17.4 Å². The summed E-state index contributed by atoms with van der Waals surface area (Å²) in [6.07, 6.45) is 5.55. The van der Waals surface area contributed by atoms with Crippen molar-refractivity contribution in [2.45, 2.75) is 70.1 Å². The minimum atomic E-state index is -1.18. The molecule has 45 heavy (non-hydrogen) atoms. The minimum absolute atomic E-state index is 0.0817. The van der Waals surface area contributed by atoms with Gasteiger partial charge in [-0.05, 0) is 48.6 Å². The Balaban J connectivity index is 1.62. The van der Waals surface area contributed by atoms with E-state index >= 15 is 0 Å². The van der Waals surface area contributed by atoms with Gasteiger partial charge in [-0.2, -0.15) is 0 Å². The Bertz CT molecular complexity index is 1630. The van der Waals surface area contributed by atoms with Gasteiger partial charge in [-0.15, -0.1) is 0 Å². The Hall–Kier alpha value is -4.68. The predicted molar refractivity (Wildman–Crippen MR) is 173 cm³/mol. The number of carbonyl (C=O) groups is 4. The number of unbranched alkanes of at least 4 members (excludes halogenated alkanes) is 1. The van der Waals surface area contributed by atoms with Crippen LogP contribution < -0.4 is 27.4 Å². The SMILES string of the molecule is CC(C)C(NC(=O)C(Cc1c[nH]c2ccccc12)NC(=O)C(Cc1c[nH]c2ccccc12)NC(=O)C(N)CCCCN)C(=O)O. The summed E-state index contributed by atoms with van der Waals surface area (Å²) in [6, 6.07) is 10.9. The van der Waals surface area contributed by atoms with Crippen molar-refractivity contribution in [3.05, 3.63) is 72.1 Å². The highest BCUT2D eigenvalue weighted by atomic mass is 16.4. The summed E-state index contributed by atoms with van der Waals surface area (Å²) in [5.41, 5.74) is 15.0. The van der Waals surface area contributed by atoms with Crippen LogP contribution in [0.1, 0.15) is 44.2 Å². The highest BCUT2D eigenvalue weighted by Crippen LogP contribution is 2.21. The summed E-state index contributed by atoms with van der Waals surface area (Å²) in [5.74, 6) is -3.31. The highest BCUT2D eigenvalue weighted by Gasteiger charge is 2.32. The Morgan fingerprint density at radius 1 is 0.756 bits per heavy atom. The lowest BCUT2D eigenvalue weighted by Crippen LogP contribution is -2.58. The van der Waals surface area contributed by atoms with Crippen LogP contribution in [0.2, 0.25) is 0 Å². The second-order valence-electron chi connectivity index (χ2n) is 11.7. The van der Waals surface area contributed by atoms with Crippen LogP contribution in [0.3, 0.4) is 0 Å². The molecule has 2 aromatic heterocycles. The average molecular weight is 618 g/mol. The molecule has 4 rings (SSSR count). The first-order chi connectivity index (χ1) is 21.6. The highest BCUT2D eigenvalue weighted by molar-refractivity contribution is 5.95. The van der Waals surface area contributed by atoms with Crippen molar-refractivity contribution in [2.75, 3.05) is 6.54 Å². The van der Waals surface area contributed by atoms with Crippen LogP contribution in [0.25, 0.3) is 21.8 Å². The van der Waals surface area contributed by atoms with Gasteiger partial charge in [0.05, 0.1) is 6.04 Å². The van der Waals surface area contributed by atoms with Gasteiger partial charge in [0.1, 0.15) is 18.1 Å². The molecule has 0 radical (unpaired) electrons. The summed E-state index contributed by atoms with van der Waals surface area (Å²) in [5, 5.41) is 19.7. The van der Waals surface area contributed by atoms with Gasteiger partial charge in [-0.3, -0.25) is 14.4 Å². The maximum atomic E-state index is 14.0. The lowest BCUT2D eigenvalue weighted by atomic mass is 10.00. The van der Waals surface area contributed by atoms with Crippen molar-refractivity contribution >= 4 is 45.5 Å². The summed E-state index contributed by atoms with van der Waals surface area (Å²) in [4.78, 5) is 59.0. The topological polar surface area (TPSA) is 208 Å². The first-order valence-electron chi connectivity index (χ1n) is 15.3. The molecule has 4 unspecified atom stereocenters. The minimum Gasteiger partial charge on any atom is -0.480 e. The Morgan fingerprint density at radius 3 is 1.73 bits per heavy atom. The van der Waals surface area contributed by atoms with E-state index in [0.29, 0.717) is 19.4 Å². The quantitative estimate of drug-likeness (QED) is 0.0877. The average Bonchev–Trinajstić information content (AvgIpc) is 3.62. The zero-order valence-corrected chi connectivity index (χ0v) is 25.6. The van der Waals surface area contributed by atoms with E-state index in [9.17, 15) is 24.3 Å². The second-order valence-corrected chi connectivity index (χ2v) is 11.7. The van der Waals surface area contributed by atoms with Gasteiger partial charge in [-0.1, -0.05) is 56.7 Å². The number of hydrogen-bond donors (Lipinski definition) is 8. The number of hydrogen-bond acceptors (Lipinski definition) is 6. The largest absolute Gasteiger partial charge is 0.480 e. The molecule has 240 valence electrons. The number of aromatic amines is 2. The van der Waals surface area contributed by atoms with Gasteiger partial charge >= 0.3 is 5.97 Å². The van der Waals surface area contributed by atoms with Crippen LogP contribution in [-0.2, 0) is 32.0 Å². The zero-order chi connectivity index (χ0) is 32.5. The van der Waals surface area contributed by atoms with E-state index in [0.717, 1.165) is 39.4 Å². The molecule has 0 aliphatic heterocycles. The molecule has 12 heteroatoms. The standard InChI is InChI=1S/C33H43N7O5/c1-19(2)29(33(44)45)40-32(43)28(16-21-18-37-26-13-6-4-10-23(21)26)39-31(42)27(38-30(41)24(35)11-7-8-14-34)15-20-17-36-25-12-5-3-9-22(20)25/h3-6,9-10,12-13,17-19,24,27-29,36-37H,7-8,11,14-16,34-35H2,1-2H3,(H,38,41)(H,39,42)(H,40,43)(H,44,45). The Kier molecular flexibility index (Phi) is 11.3. The zero-order valence-electron chi connectivity index (χ0n) is 25.6. The molecular formula is C33H43N7O5. The first-order valence-corrected chi connectivity index (χ1v) is 15.3. The molecule has 0 aliphatic rings. The number of carboxylic acids is 1. The van der Waals surface area contributed by atoms with Crippen LogP contribution in [0.4, 0.5) is 0 Å². The number of fused-ring (bicyclic) bond motifs is 2. The van der Waals surface area contributed by atoms with E-state index in [4.69, 9.17) is 11.5 Å². The molecule has 2 heterocycles. The molecule has 0 saturated heterocycles. The van der Waals surface area contributed by atoms with Crippen LogP contribution >= 0.6 is 0 Å². The lowest BCUT2D eigenvalue weighted by molar-refractivity contribution is -0.143. The fourth-order valence-electron chi connectivity index (χ4n) is 5.42. The molecule has 0 saturated carbocycles. The maximum absolute atomic E-state index is 14.0. The molecule has 10 N–H and O–H groups in total. The van der Waals surface area contributed by atoms with Gasteiger partial charge in [0, 0.05) is 47.0 Å². The van der Waals surface area contributed by atoms with Crippen molar-refractivity contribution in [1.82, 2.24) is 25.9 Å². The number of amides is 3. The van der Waals surface area contributed by atoms with Crippen molar-refractivity contribution < 1.29 is 24.3 Å². The third kappa shape index (κ3) is 8.49. The number of rotatable bonds is 16. The van der Waals surface area contributed by atoms with Gasteiger partial charge in [0.15, 0.2) is 0 Å². The van der Waals surface area contributed by atoms with Gasteiger partial charge in [0.2, 0.25) is 17.7 Å². The van der Waals surface area contributed by atoms with Crippen LogP contribution in [0.5, 0.6) is 0 Å². The van der Waals surface area contributed by atoms with Crippen molar-refractivity contribution in [3.63, 3.8) is 0 Å². The molecule has 4 atom stereocenters. The molecule has 0 fully saturated rings. The molecule has 2 aromatic carbocycles. The number of carboxylic acid groups (broad SMARTS) is 1. The molecule has 0 bridgehead atoms. The first kappa shape index (κ1) is 33.2. The number of nitrogens with one attached hydrogen (secondary N) is 5. The summed E-state index contributed by atoms with van der Waals surface area (Å²) < 4.78 is 0. The smallest absolute Gasteiger partial charge is 0.326 e. The van der Waals surface area contributed by atoms with E-state index in [1.54, 1.807) is 26.2 Å². The molecule has 3 amide bonds. The van der Waals surface area contributed by atoms with Gasteiger partial charge in [-0.25, -0.2) is 4.79 Å². The van der Waals surface area contributed by atoms with Crippen LogP contribution in [0.15, 0.2) is 60.9 Å². The van der Waals surface area contributed by atoms with E-state index in [1.165, 1.54) is 0 Å². The normalized spacial score (nSPS) is 14.2. The Morgan fingerprint density at radius 2 is 1.24 bits per heavy atom. The van der Waals surface area contributed by atoms with Crippen LogP contribution in [0, 0.1) is 5.92 Å². The number of aromatic nitrogens is 2. The number of benzene rings is 2. The number of nitrogens with two attached hydrogens (primary N) is 2. The third-order valence-electron chi connectivity index (χ3n) is 8.00. The van der Waals surface area contributed by atoms with Gasteiger partial charge < -0.3 is 42.5 Å². The van der Waals surface area contributed by atoms with Crippen molar-refractivity contribution in [1.29, 1.82) is 0 Å². The van der Waals surface area contributed by atoms with E-state index in [2.05, 4.69) is 25.9 Å². The number of carbonyl (C=O) groups excluding carboxylic acids is 3. The Labute approximate surface area is 261 Å². The summed E-state index contributed by atoms with van der Waals surface area (Å²) in [6.45, 7) is 3.87. The monoisotopic (exact) mass is 617 g/mol. The lowest BCUT2D eigenvalue weighted by Gasteiger charge is -2.26. The molecule has 4 aromatic rings. The van der Waals surface area contributed by atoms with Crippen molar-refractivity contribution in [3.8, 4) is 0 Å². The summed E-state index contributed by atoms with van der Waals surface area (Å²) >= 11 is 0. The molecule has 0 spiro atoms. The molecular weight excluding hydrogens is 574 g/mol.